The van der Waals surface area contributed by atoms with E-state index in [1.54, 1.807) is 0 Å². The van der Waals surface area contributed by atoms with Gasteiger partial charge in [-0.25, -0.2) is 0 Å². The van der Waals surface area contributed by atoms with Gasteiger partial charge in [0, 0.05) is 17.8 Å². The number of rotatable bonds is 6. The molecule has 4 heteroatoms. The molecule has 0 aliphatic carbocycles. The summed E-state index contributed by atoms with van der Waals surface area (Å²) in [5, 5.41) is 13.4. The van der Waals surface area contributed by atoms with Gasteiger partial charge in [-0.05, 0) is 32.3 Å². The van der Waals surface area contributed by atoms with E-state index in [1.165, 1.54) is 5.56 Å². The number of aromatic nitrogens is 2. The Balaban J connectivity index is 1.98. The Morgan fingerprint density at radius 3 is 2.60 bits per heavy atom. The molecule has 1 aromatic heterocycles. The number of carbonyl (C=O) groups is 1. The van der Waals surface area contributed by atoms with Crippen LogP contribution in [0.3, 0.4) is 0 Å². The summed E-state index contributed by atoms with van der Waals surface area (Å²) in [6.45, 7) is 4.64. The highest BCUT2D eigenvalue weighted by Crippen LogP contribution is 2.15. The third kappa shape index (κ3) is 3.47. The second kappa shape index (κ2) is 6.37. The molecule has 4 nitrogen and oxygen atoms in total. The minimum Gasteiger partial charge on any atom is -0.481 e. The molecule has 1 N–H and O–H groups in total. The smallest absolute Gasteiger partial charge is 0.307 e. The second-order valence-corrected chi connectivity index (χ2v) is 5.03. The first-order valence-electron chi connectivity index (χ1n) is 6.86. The zero-order chi connectivity index (χ0) is 14.5. The summed E-state index contributed by atoms with van der Waals surface area (Å²) in [5.41, 5.74) is 3.96. The molecule has 0 aliphatic rings. The van der Waals surface area contributed by atoms with Gasteiger partial charge in [-0.1, -0.05) is 30.3 Å². The molecule has 0 unspecified atom stereocenters. The Hall–Kier alpha value is -2.10. The van der Waals surface area contributed by atoms with E-state index in [9.17, 15) is 4.79 Å². The monoisotopic (exact) mass is 272 g/mol. The van der Waals surface area contributed by atoms with Crippen molar-refractivity contribution in [2.75, 3.05) is 0 Å². The number of aryl methyl sites for hydroxylation is 3. The summed E-state index contributed by atoms with van der Waals surface area (Å²) in [6.07, 6.45) is 2.06. The Labute approximate surface area is 119 Å². The van der Waals surface area contributed by atoms with Crippen molar-refractivity contribution in [3.63, 3.8) is 0 Å². The van der Waals surface area contributed by atoms with Crippen molar-refractivity contribution in [1.29, 1.82) is 0 Å². The van der Waals surface area contributed by atoms with Gasteiger partial charge >= 0.3 is 5.97 Å². The van der Waals surface area contributed by atoms with Gasteiger partial charge in [0.2, 0.25) is 0 Å². The van der Waals surface area contributed by atoms with Crippen molar-refractivity contribution >= 4 is 5.97 Å². The fraction of sp³-hybridized carbons (Fsp3) is 0.375. The van der Waals surface area contributed by atoms with Crippen LogP contribution in [0.4, 0.5) is 0 Å². The number of carboxylic acid groups (broad SMARTS) is 1. The molecular formula is C16H20N2O2. The van der Waals surface area contributed by atoms with E-state index in [4.69, 9.17) is 5.11 Å². The summed E-state index contributed by atoms with van der Waals surface area (Å²) in [6, 6.07) is 10.4. The molecule has 0 fully saturated rings. The topological polar surface area (TPSA) is 55.1 Å². The van der Waals surface area contributed by atoms with Gasteiger partial charge < -0.3 is 5.11 Å². The zero-order valence-electron chi connectivity index (χ0n) is 12.0. The van der Waals surface area contributed by atoms with Gasteiger partial charge in [-0.15, -0.1) is 0 Å². The maximum Gasteiger partial charge on any atom is 0.307 e. The molecule has 0 radical (unpaired) electrons. The SMILES string of the molecule is Cc1nn(CCCc2ccccc2)c(C)c1CC(=O)O. The van der Waals surface area contributed by atoms with Crippen molar-refractivity contribution in [3.8, 4) is 0 Å². The van der Waals surface area contributed by atoms with Crippen LogP contribution in [0.1, 0.15) is 28.9 Å². The average Bonchev–Trinajstić information content (AvgIpc) is 2.67. The Bertz CT molecular complexity index is 588. The van der Waals surface area contributed by atoms with E-state index >= 15 is 0 Å². The van der Waals surface area contributed by atoms with E-state index < -0.39 is 5.97 Å². The lowest BCUT2D eigenvalue weighted by molar-refractivity contribution is -0.136. The first-order valence-corrected chi connectivity index (χ1v) is 6.86. The normalized spacial score (nSPS) is 10.7. The van der Waals surface area contributed by atoms with Crippen LogP contribution in [0, 0.1) is 13.8 Å². The molecule has 1 heterocycles. The quantitative estimate of drug-likeness (QED) is 0.879. The highest BCUT2D eigenvalue weighted by molar-refractivity contribution is 5.70. The van der Waals surface area contributed by atoms with Gasteiger partial charge in [-0.2, -0.15) is 5.10 Å². The number of nitrogens with zero attached hydrogens (tertiary/aromatic N) is 2. The molecular weight excluding hydrogens is 252 g/mol. The van der Waals surface area contributed by atoms with Crippen LogP contribution in [-0.4, -0.2) is 20.9 Å². The van der Waals surface area contributed by atoms with E-state index in [2.05, 4.69) is 17.2 Å². The lowest BCUT2D eigenvalue weighted by Gasteiger charge is -2.05. The Morgan fingerprint density at radius 1 is 1.25 bits per heavy atom. The molecule has 106 valence electrons. The molecule has 0 spiro atoms. The first kappa shape index (κ1) is 14.3. The van der Waals surface area contributed by atoms with Crippen LogP contribution in [0.2, 0.25) is 0 Å². The van der Waals surface area contributed by atoms with Crippen molar-refractivity contribution in [3.05, 3.63) is 52.8 Å². The molecule has 0 saturated carbocycles. The largest absolute Gasteiger partial charge is 0.481 e. The molecule has 20 heavy (non-hydrogen) atoms. The maximum absolute atomic E-state index is 10.8. The number of benzene rings is 1. The minimum absolute atomic E-state index is 0.0519. The first-order chi connectivity index (χ1) is 9.58. The van der Waals surface area contributed by atoms with Crippen molar-refractivity contribution in [2.45, 2.75) is 39.7 Å². The number of hydrogen-bond acceptors (Lipinski definition) is 2. The number of hydrogen-bond donors (Lipinski definition) is 1. The van der Waals surface area contributed by atoms with Crippen LogP contribution < -0.4 is 0 Å². The summed E-state index contributed by atoms with van der Waals surface area (Å²) in [7, 11) is 0. The summed E-state index contributed by atoms with van der Waals surface area (Å²) >= 11 is 0. The van der Waals surface area contributed by atoms with Crippen LogP contribution in [0.25, 0.3) is 0 Å². The summed E-state index contributed by atoms with van der Waals surface area (Å²) in [4.78, 5) is 10.8. The molecule has 0 saturated heterocycles. The standard InChI is InChI=1S/C16H20N2O2/c1-12-15(11-16(19)20)13(2)18(17-12)10-6-9-14-7-4-3-5-8-14/h3-5,7-8H,6,9-11H2,1-2H3,(H,19,20). The third-order valence-electron chi connectivity index (χ3n) is 3.54. The van der Waals surface area contributed by atoms with E-state index in [0.29, 0.717) is 0 Å². The molecule has 2 aromatic rings. The zero-order valence-corrected chi connectivity index (χ0v) is 12.0. The van der Waals surface area contributed by atoms with Crippen LogP contribution in [0.15, 0.2) is 30.3 Å². The molecule has 2 rings (SSSR count). The van der Waals surface area contributed by atoms with Gasteiger partial charge in [-0.3, -0.25) is 9.48 Å². The van der Waals surface area contributed by atoms with Gasteiger partial charge in [0.15, 0.2) is 0 Å². The van der Waals surface area contributed by atoms with E-state index in [0.717, 1.165) is 36.3 Å². The Kier molecular flexibility index (Phi) is 4.56. The fourth-order valence-electron chi connectivity index (χ4n) is 2.44. The van der Waals surface area contributed by atoms with Crippen molar-refractivity contribution in [2.24, 2.45) is 0 Å². The predicted molar refractivity (Wildman–Crippen MR) is 77.8 cm³/mol. The number of aliphatic carboxylic acids is 1. The number of carboxylic acids is 1. The van der Waals surface area contributed by atoms with Crippen LogP contribution in [-0.2, 0) is 24.2 Å². The van der Waals surface area contributed by atoms with Gasteiger partial charge in [0.25, 0.3) is 0 Å². The molecule has 0 bridgehead atoms. The fourth-order valence-corrected chi connectivity index (χ4v) is 2.44. The van der Waals surface area contributed by atoms with Gasteiger partial charge in [0.1, 0.15) is 0 Å². The summed E-state index contributed by atoms with van der Waals surface area (Å²) in [5.74, 6) is -0.806. The minimum atomic E-state index is -0.806. The highest BCUT2D eigenvalue weighted by Gasteiger charge is 2.13. The average molecular weight is 272 g/mol. The molecule has 0 amide bonds. The predicted octanol–water partition coefficient (Wildman–Crippen LogP) is 2.76. The molecule has 0 atom stereocenters. The molecule has 1 aromatic carbocycles. The lowest BCUT2D eigenvalue weighted by Crippen LogP contribution is -2.06. The van der Waals surface area contributed by atoms with E-state index in [1.807, 2.05) is 36.7 Å². The van der Waals surface area contributed by atoms with Crippen molar-refractivity contribution in [1.82, 2.24) is 9.78 Å². The third-order valence-corrected chi connectivity index (χ3v) is 3.54. The highest BCUT2D eigenvalue weighted by atomic mass is 16.4. The van der Waals surface area contributed by atoms with Crippen LogP contribution in [0.5, 0.6) is 0 Å². The van der Waals surface area contributed by atoms with Gasteiger partial charge in [0.05, 0.1) is 12.1 Å². The van der Waals surface area contributed by atoms with Crippen LogP contribution >= 0.6 is 0 Å². The maximum atomic E-state index is 10.8. The summed E-state index contributed by atoms with van der Waals surface area (Å²) < 4.78 is 1.93. The van der Waals surface area contributed by atoms with E-state index in [-0.39, 0.29) is 6.42 Å². The Morgan fingerprint density at radius 2 is 1.95 bits per heavy atom. The molecule has 0 aliphatic heterocycles. The lowest BCUT2D eigenvalue weighted by atomic mass is 10.1. The van der Waals surface area contributed by atoms with Crippen molar-refractivity contribution < 1.29 is 9.90 Å². The second-order valence-electron chi connectivity index (χ2n) is 5.03.